The van der Waals surface area contributed by atoms with Gasteiger partial charge in [0, 0.05) is 11.9 Å². The van der Waals surface area contributed by atoms with E-state index in [0.29, 0.717) is 11.3 Å². The third-order valence-corrected chi connectivity index (χ3v) is 5.61. The number of hydrogen-bond acceptors (Lipinski definition) is 5. The third-order valence-electron chi connectivity index (χ3n) is 3.64. The number of nitrogens with one attached hydrogen (secondary N) is 2. The van der Waals surface area contributed by atoms with Crippen molar-refractivity contribution in [2.75, 3.05) is 0 Å². The highest BCUT2D eigenvalue weighted by Crippen LogP contribution is 2.38. The zero-order chi connectivity index (χ0) is 19.9. The number of aliphatic hydroxyl groups excluding tert-OH is 1. The molecule has 5 nitrogen and oxygen atoms in total. The van der Waals surface area contributed by atoms with E-state index in [1.807, 2.05) is 13.8 Å². The van der Waals surface area contributed by atoms with Gasteiger partial charge in [0.15, 0.2) is 10.7 Å². The summed E-state index contributed by atoms with van der Waals surface area (Å²) in [4.78, 5) is 0.201. The van der Waals surface area contributed by atoms with Crippen LogP contribution < -0.4 is 5.32 Å². The number of hydrogen-bond donors (Lipinski definition) is 4. The lowest BCUT2D eigenvalue weighted by molar-refractivity contribution is 0.133. The number of alkyl halides is 2. The maximum Gasteiger partial charge on any atom is 0.168 e. The van der Waals surface area contributed by atoms with E-state index in [1.54, 1.807) is 42.5 Å². The van der Waals surface area contributed by atoms with E-state index >= 15 is 0 Å². The maximum atomic E-state index is 11.4. The Morgan fingerprint density at radius 3 is 2.58 bits per heavy atom. The molecule has 0 radical (unpaired) electrons. The molecule has 142 valence electrons. The minimum Gasteiger partial charge on any atom is -0.388 e. The molecular formula is C18H22I2N2O3S. The predicted molar refractivity (Wildman–Crippen MR) is 124 cm³/mol. The van der Waals surface area contributed by atoms with Crippen LogP contribution in [0.5, 0.6) is 0 Å². The minimum absolute atomic E-state index is 0.201. The molecule has 0 spiro atoms. The molecule has 0 saturated carbocycles. The second-order valence-corrected chi connectivity index (χ2v) is 13.3. The highest BCUT2D eigenvalue weighted by atomic mass is 127. The Hall–Kier alpha value is -0.720. The van der Waals surface area contributed by atoms with Gasteiger partial charge in [-0.05, 0) is 55.3 Å². The average Bonchev–Trinajstić information content (AvgIpc) is 2.56. The van der Waals surface area contributed by atoms with Gasteiger partial charge < -0.3 is 15.8 Å². The molecule has 0 unspecified atom stereocenters. The molecule has 1 rings (SSSR count). The fourth-order valence-electron chi connectivity index (χ4n) is 2.31. The van der Waals surface area contributed by atoms with Crippen LogP contribution in [0.1, 0.15) is 24.1 Å². The van der Waals surface area contributed by atoms with Gasteiger partial charge in [0.2, 0.25) is 0 Å². The van der Waals surface area contributed by atoms with Crippen LogP contribution in [0, 0.1) is 12.3 Å². The van der Waals surface area contributed by atoms with Crippen molar-refractivity contribution in [3.05, 3.63) is 65.9 Å². The van der Waals surface area contributed by atoms with Crippen LogP contribution in [0.2, 0.25) is 0 Å². The number of thiol groups is 1. The molecule has 0 aromatic heterocycles. The number of aryl methyl sites for hydroxylation is 1. The van der Waals surface area contributed by atoms with Gasteiger partial charge in [0.1, 0.15) is 6.10 Å². The molecule has 1 aromatic carbocycles. The minimum atomic E-state index is -2.72. The Morgan fingerprint density at radius 2 is 2.08 bits per heavy atom. The lowest BCUT2D eigenvalue weighted by atomic mass is 9.95. The van der Waals surface area contributed by atoms with Crippen molar-refractivity contribution >= 4 is 62.1 Å². The Morgan fingerprint density at radius 1 is 1.42 bits per heavy atom. The summed E-state index contributed by atoms with van der Waals surface area (Å²) in [7, 11) is -2.72. The van der Waals surface area contributed by atoms with Crippen molar-refractivity contribution in [2.24, 2.45) is 0 Å². The number of rotatable bonds is 9. The van der Waals surface area contributed by atoms with E-state index in [-0.39, 0.29) is 4.90 Å². The van der Waals surface area contributed by atoms with Crippen molar-refractivity contribution < 1.29 is 13.5 Å². The van der Waals surface area contributed by atoms with Gasteiger partial charge in [-0.15, -0.1) is 0 Å². The van der Waals surface area contributed by atoms with Gasteiger partial charge in [-0.25, -0.2) is 8.42 Å². The summed E-state index contributed by atoms with van der Waals surface area (Å²) >= 11 is 4.32. The molecular weight excluding hydrogens is 578 g/mol. The van der Waals surface area contributed by atoms with Gasteiger partial charge in [-0.3, -0.25) is 0 Å². The summed E-state index contributed by atoms with van der Waals surface area (Å²) in [5.74, 6) is 0. The van der Waals surface area contributed by atoms with Crippen molar-refractivity contribution in [1.29, 1.82) is 5.41 Å². The van der Waals surface area contributed by atoms with E-state index in [1.165, 1.54) is 0 Å². The Kier molecular flexibility index (Phi) is 9.48. The number of allylic oxidation sites excluding steroid dienone is 4. The molecule has 0 heterocycles. The molecule has 0 saturated heterocycles. The lowest BCUT2D eigenvalue weighted by Gasteiger charge is -2.33. The fraction of sp³-hybridized carbons (Fsp3) is 0.278. The number of benzene rings is 1. The molecule has 0 aliphatic heterocycles. The maximum absolute atomic E-state index is 11.4. The van der Waals surface area contributed by atoms with Gasteiger partial charge >= 0.3 is 0 Å². The van der Waals surface area contributed by atoms with Crippen LogP contribution in [0.15, 0.2) is 59.7 Å². The molecule has 0 fully saturated rings. The molecule has 0 bridgehead atoms. The first-order chi connectivity index (χ1) is 12.1. The lowest BCUT2D eigenvalue weighted by Crippen LogP contribution is -2.40. The number of halogens is 2. The van der Waals surface area contributed by atoms with Crippen LogP contribution in [0.4, 0.5) is 0 Å². The zero-order valence-corrected chi connectivity index (χ0v) is 19.7. The van der Waals surface area contributed by atoms with E-state index in [4.69, 9.17) is 5.41 Å². The topological polar surface area (TPSA) is 90.3 Å². The smallest absolute Gasteiger partial charge is 0.168 e. The molecule has 0 amide bonds. The van der Waals surface area contributed by atoms with Crippen LogP contribution in [0.25, 0.3) is 0 Å². The first-order valence-electron chi connectivity index (χ1n) is 7.69. The zero-order valence-electron chi connectivity index (χ0n) is 14.4. The van der Waals surface area contributed by atoms with Crippen LogP contribution in [-0.2, 0) is 10.7 Å². The third kappa shape index (κ3) is 6.78. The van der Waals surface area contributed by atoms with Gasteiger partial charge in [-0.2, -0.15) is 0 Å². The molecule has 0 aliphatic rings. The number of aliphatic hydroxyl groups is 1. The van der Waals surface area contributed by atoms with E-state index in [9.17, 15) is 13.5 Å². The van der Waals surface area contributed by atoms with Crippen molar-refractivity contribution in [3.8, 4) is 0 Å². The van der Waals surface area contributed by atoms with Gasteiger partial charge in [-0.1, -0.05) is 63.9 Å². The summed E-state index contributed by atoms with van der Waals surface area (Å²) < 4.78 is 22.3. The van der Waals surface area contributed by atoms with Crippen LogP contribution in [-0.4, -0.2) is 27.3 Å². The quantitative estimate of drug-likeness (QED) is 0.114. The van der Waals surface area contributed by atoms with Crippen LogP contribution in [0.3, 0.4) is 0 Å². The monoisotopic (exact) mass is 600 g/mol. The standard InChI is InChI=1S/C18H22I2N2O3S/c1-4-6-13(7-5-10-21)22-16(17(23)18(3,19)20)15-11-14(26(24)25)9-8-12(15)2/h4-11,16-17,21-23,26H,1H2,2-3H3/b7-5-,13-6+,21-10?/t16-,17+/m1/s1. The second-order valence-electron chi connectivity index (χ2n) is 5.70. The average molecular weight is 600 g/mol. The molecule has 2 atom stereocenters. The van der Waals surface area contributed by atoms with E-state index in [2.05, 4.69) is 57.1 Å². The second kappa shape index (κ2) is 10.6. The summed E-state index contributed by atoms with van der Waals surface area (Å²) in [6, 6.07) is 4.33. The first-order valence-corrected chi connectivity index (χ1v) is 11.0. The summed E-state index contributed by atoms with van der Waals surface area (Å²) in [6.45, 7) is 7.45. The molecule has 26 heavy (non-hydrogen) atoms. The fourth-order valence-corrected chi connectivity index (χ4v) is 3.47. The van der Waals surface area contributed by atoms with E-state index < -0.39 is 24.3 Å². The Balaban J connectivity index is 3.49. The molecule has 1 aromatic rings. The van der Waals surface area contributed by atoms with Crippen LogP contribution >= 0.6 is 45.2 Å². The summed E-state index contributed by atoms with van der Waals surface area (Å²) in [5.41, 5.74) is 2.22. The van der Waals surface area contributed by atoms with Crippen molar-refractivity contribution in [1.82, 2.24) is 5.32 Å². The molecule has 3 N–H and O–H groups in total. The molecule has 0 aliphatic carbocycles. The van der Waals surface area contributed by atoms with Gasteiger partial charge in [0.05, 0.1) is 12.4 Å². The summed E-state index contributed by atoms with van der Waals surface area (Å²) in [6.07, 6.45) is 6.91. The Labute approximate surface area is 183 Å². The normalized spacial score (nSPS) is 15.1. The summed E-state index contributed by atoms with van der Waals surface area (Å²) in [5, 5.41) is 21.4. The first kappa shape index (κ1) is 23.3. The van der Waals surface area contributed by atoms with Crippen molar-refractivity contribution in [3.63, 3.8) is 0 Å². The Bertz CT molecular complexity index is 788. The van der Waals surface area contributed by atoms with E-state index in [0.717, 1.165) is 11.8 Å². The predicted octanol–water partition coefficient (Wildman–Crippen LogP) is 3.82. The largest absolute Gasteiger partial charge is 0.388 e. The highest BCUT2D eigenvalue weighted by Gasteiger charge is 2.35. The van der Waals surface area contributed by atoms with Gasteiger partial charge in [0.25, 0.3) is 0 Å². The molecule has 8 heteroatoms. The van der Waals surface area contributed by atoms with Crippen molar-refractivity contribution in [2.45, 2.75) is 32.3 Å². The highest BCUT2D eigenvalue weighted by molar-refractivity contribution is 14.2. The SMILES string of the molecule is C=C/C=C(\C=C/C=N)N[C@H](c1cc([SH](=O)=O)ccc1C)[C@H](O)C(C)(I)I.